The fourth-order valence-electron chi connectivity index (χ4n) is 2.60. The molecule has 2 rings (SSSR count). The topological polar surface area (TPSA) is 90.5 Å². The summed E-state index contributed by atoms with van der Waals surface area (Å²) in [5.74, 6) is -0.125. The van der Waals surface area contributed by atoms with E-state index in [0.717, 1.165) is 18.7 Å². The van der Waals surface area contributed by atoms with Crippen molar-refractivity contribution in [2.75, 3.05) is 26.2 Å². The van der Waals surface area contributed by atoms with Gasteiger partial charge in [0, 0.05) is 12.6 Å². The molecule has 0 saturated heterocycles. The Balaban J connectivity index is 0.00000420. The Morgan fingerprint density at radius 3 is 2.48 bits per heavy atom. The number of nitrogens with zero attached hydrogens (tertiary/aromatic N) is 4. The molecule has 2 aromatic rings. The van der Waals surface area contributed by atoms with E-state index in [1.807, 2.05) is 0 Å². The Bertz CT molecular complexity index is 858. The third kappa shape index (κ3) is 6.55. The standard InChI is InChI=1S/C20H24N4O4.ClH/c1-4-22(5-2)13-14-28-20(25)17-10-7-16(8-11-17)9-12-18-21-15-19(24(26)27)23(18)6-3;/h6-12,15H,3-5,13-14H2,1-2H3;1H. The molecule has 29 heavy (non-hydrogen) atoms. The van der Waals surface area contributed by atoms with Gasteiger partial charge in [-0.15, -0.1) is 12.4 Å². The maximum Gasteiger partial charge on any atom is 0.347 e. The number of rotatable bonds is 10. The lowest BCUT2D eigenvalue weighted by Crippen LogP contribution is -2.27. The maximum absolute atomic E-state index is 12.1. The predicted molar refractivity (Wildman–Crippen MR) is 116 cm³/mol. The highest BCUT2D eigenvalue weighted by Crippen LogP contribution is 2.17. The van der Waals surface area contributed by atoms with Crippen molar-refractivity contribution in [2.45, 2.75) is 13.8 Å². The monoisotopic (exact) mass is 420 g/mol. The predicted octanol–water partition coefficient (Wildman–Crippen LogP) is 3.98. The molecule has 0 unspecified atom stereocenters. The molecule has 0 aliphatic rings. The minimum Gasteiger partial charge on any atom is -0.461 e. The van der Waals surface area contributed by atoms with E-state index in [2.05, 4.69) is 30.3 Å². The molecule has 8 nitrogen and oxygen atoms in total. The summed E-state index contributed by atoms with van der Waals surface area (Å²) in [7, 11) is 0. The van der Waals surface area contributed by atoms with Crippen molar-refractivity contribution in [3.05, 3.63) is 64.1 Å². The summed E-state index contributed by atoms with van der Waals surface area (Å²) in [6, 6.07) is 6.91. The van der Waals surface area contributed by atoms with Crippen LogP contribution in [0.15, 0.2) is 37.0 Å². The average Bonchev–Trinajstić information content (AvgIpc) is 3.13. The van der Waals surface area contributed by atoms with Crippen molar-refractivity contribution in [1.82, 2.24) is 14.5 Å². The molecule has 0 N–H and O–H groups in total. The van der Waals surface area contributed by atoms with Gasteiger partial charge in [-0.2, -0.15) is 4.57 Å². The van der Waals surface area contributed by atoms with Crippen LogP contribution >= 0.6 is 12.4 Å². The van der Waals surface area contributed by atoms with E-state index in [1.54, 1.807) is 36.4 Å². The number of hydrogen-bond acceptors (Lipinski definition) is 6. The molecule has 156 valence electrons. The summed E-state index contributed by atoms with van der Waals surface area (Å²) in [6.45, 7) is 10.6. The first-order valence-corrected chi connectivity index (χ1v) is 9.01. The zero-order chi connectivity index (χ0) is 20.5. The third-order valence-corrected chi connectivity index (χ3v) is 4.28. The fraction of sp³-hybridized carbons (Fsp3) is 0.300. The molecule has 0 aliphatic carbocycles. The van der Waals surface area contributed by atoms with Crippen LogP contribution in [0.5, 0.6) is 0 Å². The van der Waals surface area contributed by atoms with E-state index in [1.165, 1.54) is 17.0 Å². The van der Waals surface area contributed by atoms with Crippen LogP contribution in [0.4, 0.5) is 5.82 Å². The van der Waals surface area contributed by atoms with Gasteiger partial charge in [-0.3, -0.25) is 0 Å². The molecule has 0 bridgehead atoms. The fourth-order valence-corrected chi connectivity index (χ4v) is 2.60. The number of ether oxygens (including phenoxy) is 1. The van der Waals surface area contributed by atoms with E-state index < -0.39 is 4.92 Å². The lowest BCUT2D eigenvalue weighted by Gasteiger charge is -2.17. The molecule has 0 atom stereocenters. The largest absolute Gasteiger partial charge is 0.461 e. The third-order valence-electron chi connectivity index (χ3n) is 4.28. The highest BCUT2D eigenvalue weighted by molar-refractivity contribution is 5.89. The van der Waals surface area contributed by atoms with E-state index in [0.29, 0.717) is 24.5 Å². The van der Waals surface area contributed by atoms with Crippen LogP contribution in [-0.2, 0) is 4.74 Å². The number of imidazole rings is 1. The number of nitro groups is 1. The van der Waals surface area contributed by atoms with Gasteiger partial charge in [-0.25, -0.2) is 9.78 Å². The van der Waals surface area contributed by atoms with Crippen LogP contribution in [0.2, 0.25) is 0 Å². The minimum absolute atomic E-state index is 0. The van der Waals surface area contributed by atoms with Crippen LogP contribution < -0.4 is 0 Å². The number of hydrogen-bond donors (Lipinski definition) is 0. The highest BCUT2D eigenvalue weighted by Gasteiger charge is 2.15. The second-order valence-corrected chi connectivity index (χ2v) is 5.90. The normalized spacial score (nSPS) is 10.7. The lowest BCUT2D eigenvalue weighted by molar-refractivity contribution is -0.390. The van der Waals surface area contributed by atoms with Gasteiger partial charge in [-0.1, -0.05) is 32.6 Å². The number of esters is 1. The van der Waals surface area contributed by atoms with Crippen LogP contribution in [0, 0.1) is 10.1 Å². The molecule has 0 radical (unpaired) electrons. The Labute approximate surface area is 176 Å². The molecule has 0 spiro atoms. The van der Waals surface area contributed by atoms with Crippen molar-refractivity contribution in [2.24, 2.45) is 0 Å². The van der Waals surface area contributed by atoms with Gasteiger partial charge in [0.25, 0.3) is 0 Å². The number of carbonyl (C=O) groups is 1. The number of halogens is 1. The summed E-state index contributed by atoms with van der Waals surface area (Å²) in [4.78, 5) is 28.7. The molecule has 1 heterocycles. The molecular formula is C20H25ClN4O4. The highest BCUT2D eigenvalue weighted by atomic mass is 35.5. The summed E-state index contributed by atoms with van der Waals surface area (Å²) < 4.78 is 6.59. The first kappa shape index (κ1) is 24.1. The zero-order valence-electron chi connectivity index (χ0n) is 16.5. The first-order chi connectivity index (χ1) is 13.5. The second-order valence-electron chi connectivity index (χ2n) is 5.90. The average molecular weight is 421 g/mol. The van der Waals surface area contributed by atoms with Crippen molar-refractivity contribution >= 4 is 42.5 Å². The molecule has 0 fully saturated rings. The van der Waals surface area contributed by atoms with Crippen molar-refractivity contribution < 1.29 is 14.5 Å². The van der Waals surface area contributed by atoms with E-state index >= 15 is 0 Å². The SMILES string of the molecule is C=Cn1c([N+](=O)[O-])cnc1C=Cc1ccc(C(=O)OCCN(CC)CC)cc1.Cl. The lowest BCUT2D eigenvalue weighted by atomic mass is 10.1. The number of benzene rings is 1. The number of aromatic nitrogens is 2. The molecular weight excluding hydrogens is 396 g/mol. The Morgan fingerprint density at radius 2 is 1.93 bits per heavy atom. The van der Waals surface area contributed by atoms with Gasteiger partial charge in [0.05, 0.1) is 11.8 Å². The van der Waals surface area contributed by atoms with Gasteiger partial charge in [0.15, 0.2) is 0 Å². The Morgan fingerprint density at radius 1 is 1.28 bits per heavy atom. The summed E-state index contributed by atoms with van der Waals surface area (Å²) >= 11 is 0. The zero-order valence-corrected chi connectivity index (χ0v) is 17.3. The quantitative estimate of drug-likeness (QED) is 0.328. The van der Waals surface area contributed by atoms with Crippen molar-refractivity contribution in [3.63, 3.8) is 0 Å². The smallest absolute Gasteiger partial charge is 0.347 e. The first-order valence-electron chi connectivity index (χ1n) is 9.01. The molecule has 0 saturated carbocycles. The van der Waals surface area contributed by atoms with Gasteiger partial charge in [-0.05, 0) is 41.8 Å². The van der Waals surface area contributed by atoms with Gasteiger partial charge in [0.2, 0.25) is 5.82 Å². The minimum atomic E-state index is -0.521. The van der Waals surface area contributed by atoms with Crippen LogP contribution in [0.25, 0.3) is 18.4 Å². The van der Waals surface area contributed by atoms with Gasteiger partial charge < -0.3 is 19.8 Å². The Kier molecular flexibility index (Phi) is 9.78. The van der Waals surface area contributed by atoms with E-state index in [-0.39, 0.29) is 24.2 Å². The molecule has 0 aliphatic heterocycles. The second kappa shape index (κ2) is 11.8. The number of carbonyl (C=O) groups excluding carboxylic acids is 1. The Hall–Kier alpha value is -2.97. The molecule has 1 aromatic carbocycles. The van der Waals surface area contributed by atoms with Crippen LogP contribution in [0.1, 0.15) is 35.6 Å². The van der Waals surface area contributed by atoms with Crippen LogP contribution in [0.3, 0.4) is 0 Å². The summed E-state index contributed by atoms with van der Waals surface area (Å²) in [5.41, 5.74) is 1.29. The summed E-state index contributed by atoms with van der Waals surface area (Å²) in [6.07, 6.45) is 5.91. The van der Waals surface area contributed by atoms with E-state index in [4.69, 9.17) is 4.74 Å². The van der Waals surface area contributed by atoms with Crippen molar-refractivity contribution in [1.29, 1.82) is 0 Å². The van der Waals surface area contributed by atoms with Crippen molar-refractivity contribution in [3.8, 4) is 0 Å². The number of likely N-dealkylation sites (N-methyl/N-ethyl adjacent to an activating group) is 1. The van der Waals surface area contributed by atoms with Gasteiger partial charge >= 0.3 is 11.8 Å². The molecule has 9 heteroatoms. The summed E-state index contributed by atoms with van der Waals surface area (Å²) in [5, 5.41) is 10.9. The van der Waals surface area contributed by atoms with Gasteiger partial charge in [0.1, 0.15) is 12.8 Å². The molecule has 0 amide bonds. The maximum atomic E-state index is 12.1. The molecule has 1 aromatic heterocycles. The van der Waals surface area contributed by atoms with Crippen LogP contribution in [-0.4, -0.2) is 51.6 Å². The van der Waals surface area contributed by atoms with E-state index in [9.17, 15) is 14.9 Å².